The van der Waals surface area contributed by atoms with E-state index in [0.717, 1.165) is 32.2 Å². The molecule has 0 aliphatic heterocycles. The molecule has 1 fully saturated rings. The molecule has 1 aliphatic carbocycles. The molecular weight excluding hydrogens is 176 g/mol. The maximum atomic E-state index is 10.1. The molecule has 0 bridgehead atoms. The lowest BCUT2D eigenvalue weighted by Crippen LogP contribution is -2.17. The van der Waals surface area contributed by atoms with Crippen molar-refractivity contribution in [2.75, 3.05) is 6.61 Å². The molecule has 0 unspecified atom stereocenters. The third-order valence-electron chi connectivity index (χ3n) is 2.87. The van der Waals surface area contributed by atoms with Gasteiger partial charge in [-0.25, -0.2) is 0 Å². The van der Waals surface area contributed by atoms with Crippen molar-refractivity contribution in [2.45, 2.75) is 63.9 Å². The summed E-state index contributed by atoms with van der Waals surface area (Å²) in [6.07, 6.45) is 12.1. The number of hydrogen-bond acceptors (Lipinski definition) is 2. The molecule has 0 amide bonds. The molecule has 0 aromatic carbocycles. The Morgan fingerprint density at radius 3 is 2.57 bits per heavy atom. The van der Waals surface area contributed by atoms with Crippen LogP contribution >= 0.6 is 0 Å². The van der Waals surface area contributed by atoms with Crippen LogP contribution in [0, 0.1) is 0 Å². The fourth-order valence-electron chi connectivity index (χ4n) is 1.99. The van der Waals surface area contributed by atoms with Crippen molar-refractivity contribution in [3.63, 3.8) is 0 Å². The molecule has 2 nitrogen and oxygen atoms in total. The van der Waals surface area contributed by atoms with Crippen molar-refractivity contribution in [3.05, 3.63) is 0 Å². The van der Waals surface area contributed by atoms with Gasteiger partial charge in [-0.15, -0.1) is 0 Å². The summed E-state index contributed by atoms with van der Waals surface area (Å²) in [6, 6.07) is 0. The number of unbranched alkanes of at least 4 members (excludes halogenated alkanes) is 3. The van der Waals surface area contributed by atoms with Crippen LogP contribution in [0.15, 0.2) is 0 Å². The minimum atomic E-state index is 0.537. The van der Waals surface area contributed by atoms with Crippen molar-refractivity contribution in [1.82, 2.24) is 0 Å². The Morgan fingerprint density at radius 1 is 1.07 bits per heavy atom. The largest absolute Gasteiger partial charge is 0.378 e. The Balaban J connectivity index is 1.85. The first-order chi connectivity index (χ1) is 6.93. The summed E-state index contributed by atoms with van der Waals surface area (Å²) < 4.78 is 5.77. The van der Waals surface area contributed by atoms with Crippen LogP contribution in [0.5, 0.6) is 0 Å². The molecule has 0 aromatic heterocycles. The maximum absolute atomic E-state index is 10.1. The molecule has 2 heteroatoms. The van der Waals surface area contributed by atoms with Gasteiger partial charge in [-0.1, -0.05) is 25.7 Å². The van der Waals surface area contributed by atoms with E-state index in [1.165, 1.54) is 32.1 Å². The molecular formula is C12H22O2. The predicted molar refractivity (Wildman–Crippen MR) is 57.4 cm³/mol. The molecule has 1 aliphatic rings. The van der Waals surface area contributed by atoms with Crippen LogP contribution in [0.3, 0.4) is 0 Å². The lowest BCUT2D eigenvalue weighted by Gasteiger charge is -2.21. The summed E-state index contributed by atoms with van der Waals surface area (Å²) in [4.78, 5) is 10.1. The van der Waals surface area contributed by atoms with E-state index < -0.39 is 0 Å². The van der Waals surface area contributed by atoms with Gasteiger partial charge in [0.25, 0.3) is 0 Å². The van der Waals surface area contributed by atoms with E-state index in [4.69, 9.17) is 4.74 Å². The number of rotatable bonds is 7. The van der Waals surface area contributed by atoms with Crippen molar-refractivity contribution in [2.24, 2.45) is 0 Å². The van der Waals surface area contributed by atoms with Crippen molar-refractivity contribution in [3.8, 4) is 0 Å². The van der Waals surface area contributed by atoms with Crippen molar-refractivity contribution >= 4 is 6.29 Å². The molecule has 82 valence electrons. The first-order valence-electron chi connectivity index (χ1n) is 5.98. The molecule has 0 spiro atoms. The molecule has 14 heavy (non-hydrogen) atoms. The minimum Gasteiger partial charge on any atom is -0.378 e. The molecule has 0 saturated heterocycles. The Morgan fingerprint density at radius 2 is 1.86 bits per heavy atom. The second-order valence-electron chi connectivity index (χ2n) is 4.15. The first-order valence-corrected chi connectivity index (χ1v) is 5.98. The van der Waals surface area contributed by atoms with Crippen LogP contribution in [0.2, 0.25) is 0 Å². The van der Waals surface area contributed by atoms with Gasteiger partial charge >= 0.3 is 0 Å². The number of ether oxygens (including phenoxy) is 1. The van der Waals surface area contributed by atoms with Gasteiger partial charge in [0.2, 0.25) is 0 Å². The highest BCUT2D eigenvalue weighted by Gasteiger charge is 2.12. The third-order valence-corrected chi connectivity index (χ3v) is 2.87. The molecule has 0 heterocycles. The standard InChI is InChI=1S/C12H22O2/c13-10-6-1-2-7-11-14-12-8-4-3-5-9-12/h10,12H,1-9,11H2. The zero-order valence-corrected chi connectivity index (χ0v) is 9.04. The molecule has 0 atom stereocenters. The number of carbonyl (C=O) groups excluding carboxylic acids is 1. The van der Waals surface area contributed by atoms with E-state index in [9.17, 15) is 4.79 Å². The topological polar surface area (TPSA) is 26.3 Å². The van der Waals surface area contributed by atoms with Gasteiger partial charge < -0.3 is 9.53 Å². The monoisotopic (exact) mass is 198 g/mol. The van der Waals surface area contributed by atoms with Gasteiger partial charge in [0.1, 0.15) is 6.29 Å². The van der Waals surface area contributed by atoms with Gasteiger partial charge in [0.05, 0.1) is 6.10 Å². The van der Waals surface area contributed by atoms with Crippen LogP contribution in [0.25, 0.3) is 0 Å². The summed E-state index contributed by atoms with van der Waals surface area (Å²) in [5.74, 6) is 0. The number of carbonyl (C=O) groups is 1. The lowest BCUT2D eigenvalue weighted by molar-refractivity contribution is -0.107. The summed E-state index contributed by atoms with van der Waals surface area (Å²) in [5, 5.41) is 0. The van der Waals surface area contributed by atoms with Gasteiger partial charge in [-0.05, 0) is 25.7 Å². The quantitative estimate of drug-likeness (QED) is 0.464. The third kappa shape index (κ3) is 5.38. The zero-order valence-electron chi connectivity index (χ0n) is 9.04. The molecule has 0 aromatic rings. The van der Waals surface area contributed by atoms with E-state index >= 15 is 0 Å². The highest BCUT2D eigenvalue weighted by atomic mass is 16.5. The van der Waals surface area contributed by atoms with E-state index in [2.05, 4.69) is 0 Å². The first kappa shape index (κ1) is 11.7. The van der Waals surface area contributed by atoms with Gasteiger partial charge in [0, 0.05) is 13.0 Å². The predicted octanol–water partition coefficient (Wildman–Crippen LogP) is 3.10. The van der Waals surface area contributed by atoms with Crippen molar-refractivity contribution in [1.29, 1.82) is 0 Å². The maximum Gasteiger partial charge on any atom is 0.119 e. The Labute approximate surface area is 87.0 Å². The Hall–Kier alpha value is -0.370. The van der Waals surface area contributed by atoms with Gasteiger partial charge in [0.15, 0.2) is 0 Å². The fraction of sp³-hybridized carbons (Fsp3) is 0.917. The number of hydrogen-bond donors (Lipinski definition) is 0. The highest BCUT2D eigenvalue weighted by Crippen LogP contribution is 2.20. The second kappa shape index (κ2) is 7.98. The molecule has 0 radical (unpaired) electrons. The molecule has 0 N–H and O–H groups in total. The summed E-state index contributed by atoms with van der Waals surface area (Å²) in [5.41, 5.74) is 0. The zero-order chi connectivity index (χ0) is 10.1. The van der Waals surface area contributed by atoms with Crippen molar-refractivity contribution < 1.29 is 9.53 Å². The lowest BCUT2D eigenvalue weighted by atomic mass is 9.98. The van der Waals surface area contributed by atoms with Crippen LogP contribution < -0.4 is 0 Å². The van der Waals surface area contributed by atoms with Crippen LogP contribution in [-0.2, 0) is 9.53 Å². The minimum absolute atomic E-state index is 0.537. The Bertz CT molecular complexity index is 139. The molecule has 1 saturated carbocycles. The highest BCUT2D eigenvalue weighted by molar-refractivity contribution is 5.48. The Kier molecular flexibility index (Phi) is 6.67. The normalized spacial score (nSPS) is 18.3. The fourth-order valence-corrected chi connectivity index (χ4v) is 1.99. The van der Waals surface area contributed by atoms with Crippen LogP contribution in [0.1, 0.15) is 57.8 Å². The van der Waals surface area contributed by atoms with E-state index in [0.29, 0.717) is 12.5 Å². The summed E-state index contributed by atoms with van der Waals surface area (Å²) >= 11 is 0. The van der Waals surface area contributed by atoms with Gasteiger partial charge in [-0.2, -0.15) is 0 Å². The summed E-state index contributed by atoms with van der Waals surface area (Å²) in [7, 11) is 0. The van der Waals surface area contributed by atoms with E-state index in [-0.39, 0.29) is 0 Å². The average Bonchev–Trinajstić information content (AvgIpc) is 2.25. The number of aldehydes is 1. The van der Waals surface area contributed by atoms with Crippen LogP contribution in [0.4, 0.5) is 0 Å². The average molecular weight is 198 g/mol. The van der Waals surface area contributed by atoms with E-state index in [1.54, 1.807) is 0 Å². The smallest absolute Gasteiger partial charge is 0.119 e. The van der Waals surface area contributed by atoms with Crippen LogP contribution in [-0.4, -0.2) is 19.0 Å². The molecule has 1 rings (SSSR count). The second-order valence-corrected chi connectivity index (χ2v) is 4.15. The van der Waals surface area contributed by atoms with E-state index in [1.807, 2.05) is 0 Å². The van der Waals surface area contributed by atoms with Gasteiger partial charge in [-0.3, -0.25) is 0 Å². The summed E-state index contributed by atoms with van der Waals surface area (Å²) in [6.45, 7) is 0.892. The SMILES string of the molecule is O=CCCCCCOC1CCCCC1.